The molecule has 0 aliphatic carbocycles. The topological polar surface area (TPSA) is 78.4 Å². The van der Waals surface area contributed by atoms with E-state index in [2.05, 4.69) is 15.3 Å². The standard InChI is InChI=1S/C17H18FN5O2/c18-14-3-1-13(2-4-14)10-19-16-9-15(20-11-21-16)17(25)23-7-5-22(12-24)6-8-23/h1-4,9,11-12H,5-8,10H2,(H,19,20,21). The molecule has 8 heteroatoms. The maximum Gasteiger partial charge on any atom is 0.272 e. The Bertz CT molecular complexity index is 745. The second kappa shape index (κ2) is 7.69. The van der Waals surface area contributed by atoms with Crippen molar-refractivity contribution >= 4 is 18.1 Å². The number of hydrogen-bond donors (Lipinski definition) is 1. The van der Waals surface area contributed by atoms with Crippen LogP contribution in [0.2, 0.25) is 0 Å². The smallest absolute Gasteiger partial charge is 0.272 e. The van der Waals surface area contributed by atoms with Gasteiger partial charge in [-0.25, -0.2) is 14.4 Å². The Morgan fingerprint density at radius 2 is 1.88 bits per heavy atom. The largest absolute Gasteiger partial charge is 0.366 e. The van der Waals surface area contributed by atoms with Crippen LogP contribution in [0.3, 0.4) is 0 Å². The minimum Gasteiger partial charge on any atom is -0.366 e. The van der Waals surface area contributed by atoms with Gasteiger partial charge in [0.15, 0.2) is 0 Å². The first-order valence-electron chi connectivity index (χ1n) is 7.94. The highest BCUT2D eigenvalue weighted by molar-refractivity contribution is 5.93. The van der Waals surface area contributed by atoms with Crippen LogP contribution in [0.15, 0.2) is 36.7 Å². The molecule has 1 aliphatic heterocycles. The molecule has 3 rings (SSSR count). The SMILES string of the molecule is O=CN1CCN(C(=O)c2cc(NCc3ccc(F)cc3)ncn2)CC1. The molecule has 1 aromatic heterocycles. The third kappa shape index (κ3) is 4.28. The lowest BCUT2D eigenvalue weighted by Crippen LogP contribution is -2.48. The van der Waals surface area contributed by atoms with E-state index in [0.717, 1.165) is 12.0 Å². The van der Waals surface area contributed by atoms with Gasteiger partial charge in [0, 0.05) is 38.8 Å². The summed E-state index contributed by atoms with van der Waals surface area (Å²) >= 11 is 0. The molecule has 7 nitrogen and oxygen atoms in total. The van der Waals surface area contributed by atoms with Crippen molar-refractivity contribution in [3.8, 4) is 0 Å². The number of anilines is 1. The third-order valence-corrected chi connectivity index (χ3v) is 4.02. The van der Waals surface area contributed by atoms with E-state index in [1.807, 2.05) is 0 Å². The summed E-state index contributed by atoms with van der Waals surface area (Å²) in [6.45, 7) is 2.48. The van der Waals surface area contributed by atoms with Crippen molar-refractivity contribution in [2.75, 3.05) is 31.5 Å². The molecule has 1 N–H and O–H groups in total. The first kappa shape index (κ1) is 16.8. The number of nitrogens with zero attached hydrogens (tertiary/aromatic N) is 4. The van der Waals surface area contributed by atoms with E-state index in [1.54, 1.807) is 28.0 Å². The van der Waals surface area contributed by atoms with Crippen LogP contribution in [-0.4, -0.2) is 58.3 Å². The molecule has 1 saturated heterocycles. The Morgan fingerprint density at radius 1 is 1.16 bits per heavy atom. The van der Waals surface area contributed by atoms with Gasteiger partial charge in [-0.15, -0.1) is 0 Å². The monoisotopic (exact) mass is 343 g/mol. The van der Waals surface area contributed by atoms with Gasteiger partial charge in [-0.2, -0.15) is 0 Å². The van der Waals surface area contributed by atoms with Crippen LogP contribution in [0.4, 0.5) is 10.2 Å². The number of nitrogens with one attached hydrogen (secondary N) is 1. The Hall–Kier alpha value is -3.03. The van der Waals surface area contributed by atoms with Crippen LogP contribution >= 0.6 is 0 Å². The Kier molecular flexibility index (Phi) is 5.17. The van der Waals surface area contributed by atoms with Crippen LogP contribution in [-0.2, 0) is 11.3 Å². The first-order chi connectivity index (χ1) is 12.2. The predicted octanol–water partition coefficient (Wildman–Crippen LogP) is 1.14. The molecule has 2 heterocycles. The van der Waals surface area contributed by atoms with Crippen molar-refractivity contribution in [3.63, 3.8) is 0 Å². The van der Waals surface area contributed by atoms with E-state index in [0.29, 0.717) is 44.2 Å². The Labute approximate surface area is 144 Å². The van der Waals surface area contributed by atoms with Crippen LogP contribution in [0.5, 0.6) is 0 Å². The predicted molar refractivity (Wildman–Crippen MR) is 89.3 cm³/mol. The summed E-state index contributed by atoms with van der Waals surface area (Å²) < 4.78 is 12.9. The zero-order valence-electron chi connectivity index (χ0n) is 13.6. The number of benzene rings is 1. The van der Waals surface area contributed by atoms with Crippen molar-refractivity contribution in [3.05, 3.63) is 53.7 Å². The van der Waals surface area contributed by atoms with Gasteiger partial charge in [0.1, 0.15) is 23.7 Å². The van der Waals surface area contributed by atoms with E-state index in [4.69, 9.17) is 0 Å². The quantitative estimate of drug-likeness (QED) is 0.824. The molecule has 0 spiro atoms. The highest BCUT2D eigenvalue weighted by Crippen LogP contribution is 2.11. The van der Waals surface area contributed by atoms with Gasteiger partial charge in [0.2, 0.25) is 6.41 Å². The summed E-state index contributed by atoms with van der Waals surface area (Å²) in [6.07, 6.45) is 2.13. The van der Waals surface area contributed by atoms with Gasteiger partial charge >= 0.3 is 0 Å². The van der Waals surface area contributed by atoms with Crippen LogP contribution in [0, 0.1) is 5.82 Å². The number of amides is 2. The number of hydrogen-bond acceptors (Lipinski definition) is 5. The van der Waals surface area contributed by atoms with E-state index in [9.17, 15) is 14.0 Å². The summed E-state index contributed by atoms with van der Waals surface area (Å²) in [4.78, 5) is 34.7. The first-order valence-corrected chi connectivity index (χ1v) is 7.94. The Morgan fingerprint density at radius 3 is 2.56 bits per heavy atom. The maximum absolute atomic E-state index is 12.9. The van der Waals surface area contributed by atoms with E-state index < -0.39 is 0 Å². The average molecular weight is 343 g/mol. The van der Waals surface area contributed by atoms with Gasteiger partial charge in [-0.1, -0.05) is 12.1 Å². The molecule has 2 amide bonds. The lowest BCUT2D eigenvalue weighted by molar-refractivity contribution is -0.119. The molecule has 1 aliphatic rings. The lowest BCUT2D eigenvalue weighted by Gasteiger charge is -2.32. The van der Waals surface area contributed by atoms with E-state index in [1.165, 1.54) is 18.5 Å². The molecule has 1 fully saturated rings. The van der Waals surface area contributed by atoms with Gasteiger partial charge in [0.25, 0.3) is 5.91 Å². The number of carbonyl (C=O) groups is 2. The minimum atomic E-state index is -0.284. The highest BCUT2D eigenvalue weighted by atomic mass is 19.1. The van der Waals surface area contributed by atoms with Gasteiger partial charge in [0.05, 0.1) is 0 Å². The molecule has 0 bridgehead atoms. The summed E-state index contributed by atoms with van der Waals surface area (Å²) in [5.41, 5.74) is 1.20. The summed E-state index contributed by atoms with van der Waals surface area (Å²) in [6, 6.07) is 7.75. The summed E-state index contributed by atoms with van der Waals surface area (Å²) in [5, 5.41) is 3.10. The van der Waals surface area contributed by atoms with Gasteiger partial charge in [-0.3, -0.25) is 9.59 Å². The van der Waals surface area contributed by atoms with Crippen molar-refractivity contribution in [2.24, 2.45) is 0 Å². The van der Waals surface area contributed by atoms with Crippen molar-refractivity contribution in [1.29, 1.82) is 0 Å². The fourth-order valence-electron chi connectivity index (χ4n) is 2.56. The molecule has 0 saturated carbocycles. The molecule has 130 valence electrons. The van der Waals surface area contributed by atoms with Gasteiger partial charge in [-0.05, 0) is 17.7 Å². The fourth-order valence-corrected chi connectivity index (χ4v) is 2.56. The molecule has 0 unspecified atom stereocenters. The van der Waals surface area contributed by atoms with Gasteiger partial charge < -0.3 is 15.1 Å². The zero-order chi connectivity index (χ0) is 17.6. The molecule has 2 aromatic rings. The Balaban J connectivity index is 1.61. The molecule has 0 atom stereocenters. The normalized spacial score (nSPS) is 14.3. The van der Waals surface area contributed by atoms with E-state index >= 15 is 0 Å². The fraction of sp³-hybridized carbons (Fsp3) is 0.294. The molecule has 0 radical (unpaired) electrons. The van der Waals surface area contributed by atoms with Crippen LogP contribution < -0.4 is 5.32 Å². The second-order valence-electron chi connectivity index (χ2n) is 5.70. The molecular weight excluding hydrogens is 325 g/mol. The van der Waals surface area contributed by atoms with Crippen molar-refractivity contribution < 1.29 is 14.0 Å². The number of halogens is 1. The third-order valence-electron chi connectivity index (χ3n) is 4.02. The number of piperazine rings is 1. The summed E-state index contributed by atoms with van der Waals surface area (Å²) in [7, 11) is 0. The zero-order valence-corrected chi connectivity index (χ0v) is 13.6. The van der Waals surface area contributed by atoms with Crippen LogP contribution in [0.1, 0.15) is 16.1 Å². The lowest BCUT2D eigenvalue weighted by atomic mass is 10.2. The molecular formula is C17H18FN5O2. The maximum atomic E-state index is 12.9. The van der Waals surface area contributed by atoms with E-state index in [-0.39, 0.29) is 11.7 Å². The second-order valence-corrected chi connectivity index (χ2v) is 5.70. The van der Waals surface area contributed by atoms with Crippen molar-refractivity contribution in [1.82, 2.24) is 19.8 Å². The van der Waals surface area contributed by atoms with Crippen molar-refractivity contribution in [2.45, 2.75) is 6.54 Å². The minimum absolute atomic E-state index is 0.183. The number of carbonyl (C=O) groups excluding carboxylic acids is 2. The number of rotatable bonds is 5. The van der Waals surface area contributed by atoms with Crippen LogP contribution in [0.25, 0.3) is 0 Å². The average Bonchev–Trinajstić information content (AvgIpc) is 2.67. The molecule has 25 heavy (non-hydrogen) atoms. The number of aromatic nitrogens is 2. The highest BCUT2D eigenvalue weighted by Gasteiger charge is 2.22. The summed E-state index contributed by atoms with van der Waals surface area (Å²) in [5.74, 6) is 0.0559. The molecule has 1 aromatic carbocycles.